The van der Waals surface area contributed by atoms with Crippen LogP contribution in [0.5, 0.6) is 0 Å². The van der Waals surface area contributed by atoms with Gasteiger partial charge in [-0.15, -0.1) is 0 Å². The molecule has 4 nitrogen and oxygen atoms in total. The Hall–Kier alpha value is -0.390. The fourth-order valence-corrected chi connectivity index (χ4v) is 1.47. The van der Waals surface area contributed by atoms with E-state index in [1.807, 2.05) is 0 Å². The Kier molecular flexibility index (Phi) is 9.57. The van der Waals surface area contributed by atoms with Gasteiger partial charge in [-0.3, -0.25) is 0 Å². The van der Waals surface area contributed by atoms with E-state index < -0.39 is 0 Å². The molecule has 0 fully saturated rings. The summed E-state index contributed by atoms with van der Waals surface area (Å²) in [5.74, 6) is 0.485. The number of hydrogen-bond acceptors (Lipinski definition) is 3. The molecular formula is C11H24N2O2S. The minimum absolute atomic E-state index is 0.257. The van der Waals surface area contributed by atoms with E-state index in [1.54, 1.807) is 14.2 Å². The van der Waals surface area contributed by atoms with Gasteiger partial charge in [-0.05, 0) is 24.6 Å². The molecule has 5 heteroatoms. The molecule has 2 N–H and O–H groups in total. The molecule has 0 saturated heterocycles. The highest BCUT2D eigenvalue weighted by Crippen LogP contribution is 2.01. The number of methoxy groups -OCH3 is 2. The molecule has 16 heavy (non-hydrogen) atoms. The number of nitrogens with one attached hydrogen (secondary N) is 2. The minimum atomic E-state index is 0.257. The second kappa shape index (κ2) is 9.81. The van der Waals surface area contributed by atoms with E-state index in [9.17, 15) is 0 Å². The molecule has 0 aromatic heterocycles. The van der Waals surface area contributed by atoms with Crippen LogP contribution >= 0.6 is 12.2 Å². The van der Waals surface area contributed by atoms with Crippen LogP contribution in [0.4, 0.5) is 0 Å². The topological polar surface area (TPSA) is 42.5 Å². The second-order valence-corrected chi connectivity index (χ2v) is 4.46. The molecule has 0 bridgehead atoms. The van der Waals surface area contributed by atoms with E-state index in [0.717, 1.165) is 19.6 Å². The van der Waals surface area contributed by atoms with E-state index in [-0.39, 0.29) is 6.04 Å². The Labute approximate surface area is 104 Å². The van der Waals surface area contributed by atoms with Crippen LogP contribution < -0.4 is 10.6 Å². The Morgan fingerprint density at radius 2 is 1.94 bits per heavy atom. The predicted molar refractivity (Wildman–Crippen MR) is 70.7 cm³/mol. The van der Waals surface area contributed by atoms with E-state index in [2.05, 4.69) is 24.5 Å². The zero-order chi connectivity index (χ0) is 12.4. The predicted octanol–water partition coefficient (Wildman–Crippen LogP) is 1.16. The molecule has 0 aliphatic rings. The third-order valence-corrected chi connectivity index (χ3v) is 2.54. The Morgan fingerprint density at radius 1 is 1.25 bits per heavy atom. The highest BCUT2D eigenvalue weighted by atomic mass is 32.1. The standard InChI is InChI=1S/C11H24N2O2S/c1-9(2)10(8-15-4)13-11(16)12-6-5-7-14-3/h9-10H,5-8H2,1-4H3,(H2,12,13,16). The van der Waals surface area contributed by atoms with Gasteiger partial charge in [0.25, 0.3) is 0 Å². The summed E-state index contributed by atoms with van der Waals surface area (Å²) in [4.78, 5) is 0. The van der Waals surface area contributed by atoms with Crippen molar-refractivity contribution in [2.24, 2.45) is 5.92 Å². The summed E-state index contributed by atoms with van der Waals surface area (Å²) >= 11 is 5.19. The SMILES string of the molecule is COCCCNC(=S)NC(COC)C(C)C. The van der Waals surface area contributed by atoms with Gasteiger partial charge in [0, 0.05) is 27.4 Å². The highest BCUT2D eigenvalue weighted by Gasteiger charge is 2.13. The van der Waals surface area contributed by atoms with E-state index in [0.29, 0.717) is 17.6 Å². The molecule has 0 spiro atoms. The smallest absolute Gasteiger partial charge is 0.166 e. The van der Waals surface area contributed by atoms with Crippen molar-refractivity contribution >= 4 is 17.3 Å². The maximum atomic E-state index is 5.19. The summed E-state index contributed by atoms with van der Waals surface area (Å²) in [6, 6.07) is 0.257. The van der Waals surface area contributed by atoms with Gasteiger partial charge in [-0.25, -0.2) is 0 Å². The lowest BCUT2D eigenvalue weighted by Crippen LogP contribution is -2.46. The van der Waals surface area contributed by atoms with Crippen LogP contribution in [0.2, 0.25) is 0 Å². The summed E-state index contributed by atoms with van der Waals surface area (Å²) in [5.41, 5.74) is 0. The number of hydrogen-bond donors (Lipinski definition) is 2. The van der Waals surface area contributed by atoms with Crippen molar-refractivity contribution in [1.29, 1.82) is 0 Å². The van der Waals surface area contributed by atoms with E-state index in [4.69, 9.17) is 21.7 Å². The molecule has 0 saturated carbocycles. The van der Waals surface area contributed by atoms with Gasteiger partial charge < -0.3 is 20.1 Å². The number of rotatable bonds is 8. The molecule has 0 radical (unpaired) electrons. The van der Waals surface area contributed by atoms with Crippen molar-refractivity contribution < 1.29 is 9.47 Å². The van der Waals surface area contributed by atoms with Gasteiger partial charge in [-0.1, -0.05) is 13.8 Å². The van der Waals surface area contributed by atoms with Crippen LogP contribution in [0.15, 0.2) is 0 Å². The van der Waals surface area contributed by atoms with Gasteiger partial charge >= 0.3 is 0 Å². The van der Waals surface area contributed by atoms with Crippen molar-refractivity contribution in [3.63, 3.8) is 0 Å². The summed E-state index contributed by atoms with van der Waals surface area (Å²) in [5, 5.41) is 7.08. The zero-order valence-corrected chi connectivity index (χ0v) is 11.5. The van der Waals surface area contributed by atoms with Gasteiger partial charge in [0.1, 0.15) is 0 Å². The van der Waals surface area contributed by atoms with Crippen molar-refractivity contribution in [3.05, 3.63) is 0 Å². The lowest BCUT2D eigenvalue weighted by Gasteiger charge is -2.23. The molecular weight excluding hydrogens is 224 g/mol. The first-order valence-electron chi connectivity index (χ1n) is 5.64. The van der Waals surface area contributed by atoms with Crippen molar-refractivity contribution in [1.82, 2.24) is 10.6 Å². The summed E-state index contributed by atoms with van der Waals surface area (Å²) in [6.45, 7) is 6.53. The molecule has 0 aromatic carbocycles. The molecule has 1 unspecified atom stereocenters. The average Bonchev–Trinajstić information content (AvgIpc) is 2.23. The van der Waals surface area contributed by atoms with Crippen LogP contribution in [-0.2, 0) is 9.47 Å². The molecule has 96 valence electrons. The van der Waals surface area contributed by atoms with Crippen LogP contribution in [0.1, 0.15) is 20.3 Å². The van der Waals surface area contributed by atoms with Gasteiger partial charge in [-0.2, -0.15) is 0 Å². The molecule has 0 aliphatic carbocycles. The van der Waals surface area contributed by atoms with Gasteiger partial charge in [0.15, 0.2) is 5.11 Å². The summed E-state index contributed by atoms with van der Waals surface area (Å²) in [7, 11) is 3.40. The number of ether oxygens (including phenoxy) is 2. The third-order valence-electron chi connectivity index (χ3n) is 2.28. The molecule has 0 amide bonds. The van der Waals surface area contributed by atoms with Crippen LogP contribution in [0, 0.1) is 5.92 Å². The summed E-state index contributed by atoms with van der Waals surface area (Å²) in [6.07, 6.45) is 0.953. The Bertz CT molecular complexity index is 189. The van der Waals surface area contributed by atoms with Crippen molar-refractivity contribution in [2.75, 3.05) is 34.0 Å². The molecule has 1 atom stereocenters. The Balaban J connectivity index is 3.73. The van der Waals surface area contributed by atoms with Crippen LogP contribution in [0.25, 0.3) is 0 Å². The first-order chi connectivity index (χ1) is 7.61. The minimum Gasteiger partial charge on any atom is -0.385 e. The monoisotopic (exact) mass is 248 g/mol. The number of thiocarbonyl (C=S) groups is 1. The molecule has 0 aromatic rings. The average molecular weight is 248 g/mol. The van der Waals surface area contributed by atoms with E-state index >= 15 is 0 Å². The largest absolute Gasteiger partial charge is 0.385 e. The first-order valence-corrected chi connectivity index (χ1v) is 6.04. The quantitative estimate of drug-likeness (QED) is 0.498. The normalized spacial score (nSPS) is 12.6. The van der Waals surface area contributed by atoms with E-state index in [1.165, 1.54) is 0 Å². The fraction of sp³-hybridized carbons (Fsp3) is 0.909. The lowest BCUT2D eigenvalue weighted by molar-refractivity contribution is 0.156. The summed E-state index contributed by atoms with van der Waals surface area (Å²) < 4.78 is 10.1. The van der Waals surface area contributed by atoms with Crippen molar-refractivity contribution in [3.8, 4) is 0 Å². The van der Waals surface area contributed by atoms with Gasteiger partial charge in [0.05, 0.1) is 12.6 Å². The van der Waals surface area contributed by atoms with Crippen LogP contribution in [-0.4, -0.2) is 45.1 Å². The second-order valence-electron chi connectivity index (χ2n) is 4.05. The van der Waals surface area contributed by atoms with Gasteiger partial charge in [0.2, 0.25) is 0 Å². The maximum Gasteiger partial charge on any atom is 0.166 e. The third kappa shape index (κ3) is 7.84. The molecule has 0 aliphatic heterocycles. The van der Waals surface area contributed by atoms with Crippen LogP contribution in [0.3, 0.4) is 0 Å². The molecule has 0 heterocycles. The first kappa shape index (κ1) is 15.6. The lowest BCUT2D eigenvalue weighted by atomic mass is 10.1. The molecule has 0 rings (SSSR count). The highest BCUT2D eigenvalue weighted by molar-refractivity contribution is 7.80. The maximum absolute atomic E-state index is 5.19. The zero-order valence-electron chi connectivity index (χ0n) is 10.7. The fourth-order valence-electron chi connectivity index (χ4n) is 1.22. The van der Waals surface area contributed by atoms with Crippen molar-refractivity contribution in [2.45, 2.75) is 26.3 Å². The Morgan fingerprint density at radius 3 is 2.44 bits per heavy atom.